The normalized spacial score (nSPS) is 13.9. The first-order valence-corrected chi connectivity index (χ1v) is 10.4. The summed E-state index contributed by atoms with van der Waals surface area (Å²) >= 11 is 0. The standard InChI is InChI=1S/C26H25F2NO3/c1-16(2)24(30)23(26(32)29-21-6-4-3-5-7-21)22(17-8-12-19(27)13-9-17)25(31)18-10-14-20(28)15-11-18/h3-16,22-23,25,31H,1-2H3,(H,29,32). The number of Topliss-reactive ketones (excluding diaryl/α,β-unsaturated/α-hetero) is 1. The van der Waals surface area contributed by atoms with Gasteiger partial charge in [-0.05, 0) is 47.5 Å². The topological polar surface area (TPSA) is 66.4 Å². The van der Waals surface area contributed by atoms with E-state index >= 15 is 0 Å². The lowest BCUT2D eigenvalue weighted by Gasteiger charge is -2.31. The van der Waals surface area contributed by atoms with Crippen LogP contribution >= 0.6 is 0 Å². The molecule has 1 amide bonds. The van der Waals surface area contributed by atoms with Crippen molar-refractivity contribution in [2.75, 3.05) is 5.32 Å². The molecule has 3 rings (SSSR count). The molecule has 2 N–H and O–H groups in total. The van der Waals surface area contributed by atoms with Gasteiger partial charge in [-0.15, -0.1) is 0 Å². The molecule has 0 heterocycles. The Balaban J connectivity index is 2.09. The van der Waals surface area contributed by atoms with E-state index in [1.165, 1.54) is 48.5 Å². The summed E-state index contributed by atoms with van der Waals surface area (Å²) in [4.78, 5) is 26.6. The van der Waals surface area contributed by atoms with E-state index in [1.54, 1.807) is 44.2 Å². The van der Waals surface area contributed by atoms with Crippen LogP contribution in [0.4, 0.5) is 14.5 Å². The second kappa shape index (κ2) is 10.3. The molecule has 3 atom stereocenters. The first kappa shape index (κ1) is 23.3. The highest BCUT2D eigenvalue weighted by atomic mass is 19.1. The molecule has 3 unspecified atom stereocenters. The Bertz CT molecular complexity index is 1050. The monoisotopic (exact) mass is 437 g/mol. The van der Waals surface area contributed by atoms with E-state index in [2.05, 4.69) is 5.32 Å². The van der Waals surface area contributed by atoms with Crippen LogP contribution in [-0.4, -0.2) is 16.8 Å². The number of nitrogens with one attached hydrogen (secondary N) is 1. The van der Waals surface area contributed by atoms with Crippen molar-refractivity contribution in [3.63, 3.8) is 0 Å². The Morgan fingerprint density at radius 3 is 1.78 bits per heavy atom. The molecular formula is C26H25F2NO3. The number of para-hydroxylation sites is 1. The fourth-order valence-electron chi connectivity index (χ4n) is 3.68. The van der Waals surface area contributed by atoms with Crippen molar-refractivity contribution in [2.24, 2.45) is 11.8 Å². The number of aliphatic hydroxyl groups is 1. The Hall–Kier alpha value is -3.38. The Morgan fingerprint density at radius 1 is 0.781 bits per heavy atom. The second-order valence-electron chi connectivity index (χ2n) is 7.96. The number of rotatable bonds is 8. The lowest BCUT2D eigenvalue weighted by Crippen LogP contribution is -2.39. The third-order valence-electron chi connectivity index (χ3n) is 5.37. The van der Waals surface area contributed by atoms with Gasteiger partial charge in [-0.25, -0.2) is 8.78 Å². The van der Waals surface area contributed by atoms with Gasteiger partial charge in [0.15, 0.2) is 0 Å². The summed E-state index contributed by atoms with van der Waals surface area (Å²) in [6.07, 6.45) is -1.31. The zero-order valence-electron chi connectivity index (χ0n) is 17.8. The summed E-state index contributed by atoms with van der Waals surface area (Å²) in [5, 5.41) is 14.0. The van der Waals surface area contributed by atoms with Gasteiger partial charge in [0, 0.05) is 17.5 Å². The maximum atomic E-state index is 13.6. The minimum atomic E-state index is -1.31. The summed E-state index contributed by atoms with van der Waals surface area (Å²) in [7, 11) is 0. The van der Waals surface area contributed by atoms with Gasteiger partial charge in [-0.2, -0.15) is 0 Å². The maximum absolute atomic E-state index is 13.6. The lowest BCUT2D eigenvalue weighted by atomic mass is 9.74. The highest BCUT2D eigenvalue weighted by Gasteiger charge is 2.41. The molecule has 32 heavy (non-hydrogen) atoms. The predicted octanol–water partition coefficient (Wildman–Crippen LogP) is 5.26. The van der Waals surface area contributed by atoms with Gasteiger partial charge >= 0.3 is 0 Å². The molecule has 0 aliphatic carbocycles. The molecule has 0 spiro atoms. The molecular weight excluding hydrogens is 412 g/mol. The summed E-state index contributed by atoms with van der Waals surface area (Å²) in [6, 6.07) is 19.2. The highest BCUT2D eigenvalue weighted by Crippen LogP contribution is 2.39. The van der Waals surface area contributed by atoms with E-state index < -0.39 is 41.4 Å². The van der Waals surface area contributed by atoms with Crippen molar-refractivity contribution in [1.82, 2.24) is 0 Å². The SMILES string of the molecule is CC(C)C(=O)C(C(=O)Nc1ccccc1)C(c1ccc(F)cc1)C(O)c1ccc(F)cc1. The van der Waals surface area contributed by atoms with Crippen molar-refractivity contribution in [1.29, 1.82) is 0 Å². The number of benzene rings is 3. The van der Waals surface area contributed by atoms with Crippen LogP contribution in [0.1, 0.15) is 37.0 Å². The summed E-state index contributed by atoms with van der Waals surface area (Å²) < 4.78 is 27.0. The van der Waals surface area contributed by atoms with Gasteiger partial charge in [0.05, 0.1) is 6.10 Å². The first-order chi connectivity index (χ1) is 15.3. The van der Waals surface area contributed by atoms with Crippen molar-refractivity contribution in [2.45, 2.75) is 25.9 Å². The van der Waals surface area contributed by atoms with Crippen LogP contribution in [0.2, 0.25) is 0 Å². The minimum absolute atomic E-state index is 0.342. The molecule has 3 aromatic rings. The third kappa shape index (κ3) is 5.45. The summed E-state index contributed by atoms with van der Waals surface area (Å²) in [5.41, 5.74) is 1.27. The minimum Gasteiger partial charge on any atom is -0.388 e. The maximum Gasteiger partial charge on any atom is 0.235 e. The average molecular weight is 437 g/mol. The number of carbonyl (C=O) groups is 2. The number of halogens is 2. The zero-order valence-corrected chi connectivity index (χ0v) is 17.8. The van der Waals surface area contributed by atoms with Crippen LogP contribution < -0.4 is 5.32 Å². The van der Waals surface area contributed by atoms with Gasteiger partial charge in [-0.3, -0.25) is 9.59 Å². The largest absolute Gasteiger partial charge is 0.388 e. The van der Waals surface area contributed by atoms with E-state index in [-0.39, 0.29) is 5.78 Å². The quantitative estimate of drug-likeness (QED) is 0.472. The smallest absolute Gasteiger partial charge is 0.235 e. The van der Waals surface area contributed by atoms with E-state index in [4.69, 9.17) is 0 Å². The van der Waals surface area contributed by atoms with E-state index in [1.807, 2.05) is 0 Å². The van der Waals surface area contributed by atoms with E-state index in [0.29, 0.717) is 16.8 Å². The van der Waals surface area contributed by atoms with Crippen LogP contribution in [-0.2, 0) is 9.59 Å². The summed E-state index contributed by atoms with van der Waals surface area (Å²) in [5.74, 6) is -4.68. The van der Waals surface area contributed by atoms with E-state index in [0.717, 1.165) is 0 Å². The number of aliphatic hydroxyl groups excluding tert-OH is 1. The number of carbonyl (C=O) groups excluding carboxylic acids is 2. The molecule has 0 saturated carbocycles. The average Bonchev–Trinajstić information content (AvgIpc) is 2.78. The zero-order chi connectivity index (χ0) is 23.3. The molecule has 4 nitrogen and oxygen atoms in total. The fraction of sp³-hybridized carbons (Fsp3) is 0.231. The van der Waals surface area contributed by atoms with Crippen molar-refractivity contribution < 1.29 is 23.5 Å². The second-order valence-corrected chi connectivity index (χ2v) is 7.96. The van der Waals surface area contributed by atoms with Gasteiger partial charge in [0.25, 0.3) is 0 Å². The van der Waals surface area contributed by atoms with Gasteiger partial charge in [0.1, 0.15) is 23.3 Å². The molecule has 0 radical (unpaired) electrons. The number of hydrogen-bond donors (Lipinski definition) is 2. The molecule has 6 heteroatoms. The first-order valence-electron chi connectivity index (χ1n) is 10.4. The number of hydrogen-bond acceptors (Lipinski definition) is 3. The molecule has 0 bridgehead atoms. The molecule has 0 saturated heterocycles. The van der Waals surface area contributed by atoms with E-state index in [9.17, 15) is 23.5 Å². The molecule has 3 aromatic carbocycles. The summed E-state index contributed by atoms with van der Waals surface area (Å²) in [6.45, 7) is 3.36. The molecule has 0 aliphatic rings. The molecule has 0 fully saturated rings. The van der Waals surface area contributed by atoms with Crippen LogP contribution in [0.5, 0.6) is 0 Å². The highest BCUT2D eigenvalue weighted by molar-refractivity contribution is 6.08. The van der Waals surface area contributed by atoms with Crippen LogP contribution in [0, 0.1) is 23.5 Å². The van der Waals surface area contributed by atoms with Crippen LogP contribution in [0.3, 0.4) is 0 Å². The van der Waals surface area contributed by atoms with Crippen LogP contribution in [0.15, 0.2) is 78.9 Å². The molecule has 0 aromatic heterocycles. The Labute approximate surface area is 185 Å². The molecule has 0 aliphatic heterocycles. The Kier molecular flexibility index (Phi) is 7.49. The lowest BCUT2D eigenvalue weighted by molar-refractivity contribution is -0.135. The van der Waals surface area contributed by atoms with Gasteiger partial charge in [0.2, 0.25) is 5.91 Å². The van der Waals surface area contributed by atoms with Gasteiger partial charge < -0.3 is 10.4 Å². The molecule has 166 valence electrons. The Morgan fingerprint density at radius 2 is 1.28 bits per heavy atom. The number of ketones is 1. The number of amides is 1. The van der Waals surface area contributed by atoms with Crippen molar-refractivity contribution >= 4 is 17.4 Å². The van der Waals surface area contributed by atoms with Crippen LogP contribution in [0.25, 0.3) is 0 Å². The third-order valence-corrected chi connectivity index (χ3v) is 5.37. The predicted molar refractivity (Wildman–Crippen MR) is 119 cm³/mol. The van der Waals surface area contributed by atoms with Gasteiger partial charge in [-0.1, -0.05) is 56.3 Å². The number of anilines is 1. The fourth-order valence-corrected chi connectivity index (χ4v) is 3.68. The van der Waals surface area contributed by atoms with Crippen molar-refractivity contribution in [3.8, 4) is 0 Å². The van der Waals surface area contributed by atoms with Crippen molar-refractivity contribution in [3.05, 3.63) is 102 Å².